The first-order valence-electron chi connectivity index (χ1n) is 8.46. The maximum absolute atomic E-state index is 13.2. The molecular formula is C22H20BrNO3. The lowest BCUT2D eigenvalue weighted by Crippen LogP contribution is -2.22. The van der Waals surface area contributed by atoms with E-state index in [-0.39, 0.29) is 5.91 Å². The third-order valence-corrected chi connectivity index (χ3v) is 4.88. The highest BCUT2D eigenvalue weighted by molar-refractivity contribution is 9.10. The molecule has 0 saturated heterocycles. The number of carbonyl (C=O) groups excluding carboxylic acids is 1. The Hall–Kier alpha value is -2.79. The van der Waals surface area contributed by atoms with Gasteiger partial charge in [-0.2, -0.15) is 0 Å². The minimum absolute atomic E-state index is 0.143. The summed E-state index contributed by atoms with van der Waals surface area (Å²) in [7, 11) is 3.14. The van der Waals surface area contributed by atoms with Crippen LogP contribution in [0.25, 0.3) is 0 Å². The summed E-state index contributed by atoms with van der Waals surface area (Å²) in [4.78, 5) is 13.2. The smallest absolute Gasteiger partial charge is 0.236 e. The van der Waals surface area contributed by atoms with E-state index in [1.807, 2.05) is 60.7 Å². The number of benzene rings is 3. The highest BCUT2D eigenvalue weighted by atomic mass is 79.9. The van der Waals surface area contributed by atoms with Crippen molar-refractivity contribution in [3.05, 3.63) is 88.4 Å². The van der Waals surface area contributed by atoms with Crippen LogP contribution in [0, 0.1) is 0 Å². The van der Waals surface area contributed by atoms with Crippen LogP contribution in [-0.2, 0) is 4.79 Å². The van der Waals surface area contributed by atoms with Crippen molar-refractivity contribution in [3.8, 4) is 11.5 Å². The van der Waals surface area contributed by atoms with Gasteiger partial charge >= 0.3 is 0 Å². The van der Waals surface area contributed by atoms with Gasteiger partial charge in [-0.15, -0.1) is 0 Å². The van der Waals surface area contributed by atoms with E-state index in [4.69, 9.17) is 9.47 Å². The van der Waals surface area contributed by atoms with Crippen LogP contribution in [0.2, 0.25) is 0 Å². The van der Waals surface area contributed by atoms with E-state index in [1.165, 1.54) is 0 Å². The number of hydrogen-bond acceptors (Lipinski definition) is 3. The zero-order valence-electron chi connectivity index (χ0n) is 15.1. The van der Waals surface area contributed by atoms with Gasteiger partial charge in [-0.05, 0) is 27.1 Å². The van der Waals surface area contributed by atoms with E-state index in [1.54, 1.807) is 26.4 Å². The number of hydrogen-bond donors (Lipinski definition) is 1. The summed E-state index contributed by atoms with van der Waals surface area (Å²) in [5, 5.41) is 3.00. The second-order valence-electron chi connectivity index (χ2n) is 5.93. The zero-order valence-corrected chi connectivity index (χ0v) is 16.7. The molecular weight excluding hydrogens is 406 g/mol. The van der Waals surface area contributed by atoms with Gasteiger partial charge in [0.2, 0.25) is 5.91 Å². The standard InChI is InChI=1S/C22H20BrNO3/c1-26-19-14-18(20(27-2)13-17(19)23)24-22(25)21(15-9-5-3-6-10-15)16-11-7-4-8-12-16/h3-14,21H,1-2H3,(H,24,25). The van der Waals surface area contributed by atoms with Crippen LogP contribution in [0.5, 0.6) is 11.5 Å². The molecule has 0 aliphatic rings. The van der Waals surface area contributed by atoms with Crippen LogP contribution in [-0.4, -0.2) is 20.1 Å². The van der Waals surface area contributed by atoms with E-state index >= 15 is 0 Å². The molecule has 3 aromatic carbocycles. The van der Waals surface area contributed by atoms with Crippen molar-refractivity contribution in [1.29, 1.82) is 0 Å². The number of rotatable bonds is 6. The molecule has 0 unspecified atom stereocenters. The molecule has 0 aliphatic heterocycles. The van der Waals surface area contributed by atoms with Crippen LogP contribution in [0.4, 0.5) is 5.69 Å². The predicted molar refractivity (Wildman–Crippen MR) is 111 cm³/mol. The van der Waals surface area contributed by atoms with Gasteiger partial charge in [0, 0.05) is 12.1 Å². The van der Waals surface area contributed by atoms with Gasteiger partial charge in [-0.3, -0.25) is 4.79 Å². The molecule has 27 heavy (non-hydrogen) atoms. The molecule has 0 atom stereocenters. The Morgan fingerprint density at radius 1 is 0.852 bits per heavy atom. The SMILES string of the molecule is COc1cc(NC(=O)C(c2ccccc2)c2ccccc2)c(OC)cc1Br. The monoisotopic (exact) mass is 425 g/mol. The second-order valence-corrected chi connectivity index (χ2v) is 6.79. The topological polar surface area (TPSA) is 47.6 Å². The first-order valence-corrected chi connectivity index (χ1v) is 9.25. The normalized spacial score (nSPS) is 10.5. The minimum Gasteiger partial charge on any atom is -0.495 e. The fourth-order valence-corrected chi connectivity index (χ4v) is 3.43. The van der Waals surface area contributed by atoms with Gasteiger partial charge in [0.1, 0.15) is 11.5 Å². The molecule has 0 aliphatic carbocycles. The number of amides is 1. The Balaban J connectivity index is 1.99. The van der Waals surface area contributed by atoms with Crippen LogP contribution in [0.15, 0.2) is 77.3 Å². The van der Waals surface area contributed by atoms with Gasteiger partial charge in [0.15, 0.2) is 0 Å². The lowest BCUT2D eigenvalue weighted by molar-refractivity contribution is -0.116. The summed E-state index contributed by atoms with van der Waals surface area (Å²) in [6.45, 7) is 0. The van der Waals surface area contributed by atoms with E-state index in [2.05, 4.69) is 21.2 Å². The third-order valence-electron chi connectivity index (χ3n) is 4.26. The summed E-state index contributed by atoms with van der Waals surface area (Å²) >= 11 is 3.43. The quantitative estimate of drug-likeness (QED) is 0.587. The lowest BCUT2D eigenvalue weighted by Gasteiger charge is -2.19. The van der Waals surface area contributed by atoms with Gasteiger partial charge in [-0.1, -0.05) is 60.7 Å². The van der Waals surface area contributed by atoms with Gasteiger partial charge in [0.05, 0.1) is 30.3 Å². The largest absolute Gasteiger partial charge is 0.495 e. The molecule has 138 valence electrons. The summed E-state index contributed by atoms with van der Waals surface area (Å²) in [5.74, 6) is 0.583. The summed E-state index contributed by atoms with van der Waals surface area (Å²) < 4.78 is 11.5. The molecule has 0 radical (unpaired) electrons. The molecule has 0 heterocycles. The van der Waals surface area contributed by atoms with E-state index in [0.29, 0.717) is 17.2 Å². The number of nitrogens with one attached hydrogen (secondary N) is 1. The fraction of sp³-hybridized carbons (Fsp3) is 0.136. The molecule has 4 nitrogen and oxygen atoms in total. The Morgan fingerprint density at radius 3 is 1.85 bits per heavy atom. The molecule has 0 bridgehead atoms. The molecule has 1 amide bonds. The van der Waals surface area contributed by atoms with Crippen molar-refractivity contribution < 1.29 is 14.3 Å². The van der Waals surface area contributed by atoms with Crippen LogP contribution >= 0.6 is 15.9 Å². The Labute approximate surface area is 167 Å². The molecule has 0 spiro atoms. The van der Waals surface area contributed by atoms with Crippen molar-refractivity contribution in [2.24, 2.45) is 0 Å². The predicted octanol–water partition coefficient (Wildman–Crippen LogP) is 5.24. The first kappa shape index (κ1) is 19.0. The molecule has 3 aromatic rings. The van der Waals surface area contributed by atoms with Crippen molar-refractivity contribution in [2.45, 2.75) is 5.92 Å². The molecule has 5 heteroatoms. The third kappa shape index (κ3) is 4.31. The van der Waals surface area contributed by atoms with Crippen molar-refractivity contribution in [1.82, 2.24) is 0 Å². The number of methoxy groups -OCH3 is 2. The number of carbonyl (C=O) groups is 1. The average Bonchev–Trinajstić information content (AvgIpc) is 2.70. The number of ether oxygens (including phenoxy) is 2. The molecule has 0 fully saturated rings. The van der Waals surface area contributed by atoms with E-state index in [9.17, 15) is 4.79 Å². The van der Waals surface area contributed by atoms with Crippen LogP contribution in [0.3, 0.4) is 0 Å². The summed E-state index contributed by atoms with van der Waals surface area (Å²) in [6.07, 6.45) is 0. The van der Waals surface area contributed by atoms with E-state index < -0.39 is 5.92 Å². The summed E-state index contributed by atoms with van der Waals surface area (Å²) in [6, 6.07) is 22.9. The highest BCUT2D eigenvalue weighted by Gasteiger charge is 2.24. The molecule has 0 aromatic heterocycles. The second kappa shape index (κ2) is 8.73. The minimum atomic E-state index is -0.438. The number of anilines is 1. The average molecular weight is 426 g/mol. The maximum atomic E-state index is 13.2. The van der Waals surface area contributed by atoms with Gasteiger partial charge in [0.25, 0.3) is 0 Å². The lowest BCUT2D eigenvalue weighted by atomic mass is 9.90. The van der Waals surface area contributed by atoms with Gasteiger partial charge in [-0.25, -0.2) is 0 Å². The van der Waals surface area contributed by atoms with Crippen molar-refractivity contribution >= 4 is 27.5 Å². The Kier molecular flexibility index (Phi) is 6.14. The van der Waals surface area contributed by atoms with Crippen LogP contribution < -0.4 is 14.8 Å². The number of halogens is 1. The van der Waals surface area contributed by atoms with Crippen LogP contribution in [0.1, 0.15) is 17.0 Å². The van der Waals surface area contributed by atoms with Crippen molar-refractivity contribution in [2.75, 3.05) is 19.5 Å². The van der Waals surface area contributed by atoms with Crippen molar-refractivity contribution in [3.63, 3.8) is 0 Å². The first-order chi connectivity index (χ1) is 13.1. The molecule has 0 saturated carbocycles. The van der Waals surface area contributed by atoms with E-state index in [0.717, 1.165) is 15.6 Å². The molecule has 1 N–H and O–H groups in total. The maximum Gasteiger partial charge on any atom is 0.236 e. The summed E-state index contributed by atoms with van der Waals surface area (Å²) in [5.41, 5.74) is 2.40. The Bertz CT molecular complexity index is 874. The zero-order chi connectivity index (χ0) is 19.2. The Morgan fingerprint density at radius 2 is 1.37 bits per heavy atom. The molecule has 3 rings (SSSR count). The highest BCUT2D eigenvalue weighted by Crippen LogP contribution is 2.37. The van der Waals surface area contributed by atoms with Gasteiger partial charge < -0.3 is 14.8 Å². The fourth-order valence-electron chi connectivity index (χ4n) is 2.95.